The van der Waals surface area contributed by atoms with Gasteiger partial charge in [0, 0.05) is 11.8 Å². The Hall–Kier alpha value is -2.14. The third-order valence-electron chi connectivity index (χ3n) is 2.62. The molecule has 0 radical (unpaired) electrons. The number of methoxy groups -OCH3 is 2. The molecule has 0 aliphatic heterocycles. The van der Waals surface area contributed by atoms with Gasteiger partial charge in [0.05, 0.1) is 19.9 Å². The number of benzene rings is 1. The van der Waals surface area contributed by atoms with Crippen LogP contribution < -0.4 is 9.47 Å². The summed E-state index contributed by atoms with van der Waals surface area (Å²) in [5, 5.41) is 10.3. The summed E-state index contributed by atoms with van der Waals surface area (Å²) in [6.45, 7) is 0. The summed E-state index contributed by atoms with van der Waals surface area (Å²) >= 11 is 0. The van der Waals surface area contributed by atoms with E-state index in [0.29, 0.717) is 22.8 Å². The highest BCUT2D eigenvalue weighted by molar-refractivity contribution is 5.43. The second-order valence-corrected chi connectivity index (χ2v) is 3.64. The van der Waals surface area contributed by atoms with E-state index in [-0.39, 0.29) is 0 Å². The molecule has 94 valence electrons. The van der Waals surface area contributed by atoms with E-state index in [0.717, 1.165) is 0 Å². The number of aromatic nitrogens is 2. The summed E-state index contributed by atoms with van der Waals surface area (Å²) in [5.41, 5.74) is 1.12. The van der Waals surface area contributed by atoms with Crippen molar-refractivity contribution >= 4 is 0 Å². The van der Waals surface area contributed by atoms with Crippen LogP contribution in [0.15, 0.2) is 36.8 Å². The standard InChI is InChI=1S/C13H14N2O3/c1-17-9-3-4-12(18-2)10(7-9)13(16)11-5-6-14-8-15-11/h3-8,13,16H,1-2H3. The number of hydrogen-bond acceptors (Lipinski definition) is 5. The monoisotopic (exact) mass is 246 g/mol. The summed E-state index contributed by atoms with van der Waals surface area (Å²) < 4.78 is 10.4. The summed E-state index contributed by atoms with van der Waals surface area (Å²) in [7, 11) is 3.13. The Morgan fingerprint density at radius 2 is 2.00 bits per heavy atom. The van der Waals surface area contributed by atoms with Crippen LogP contribution in [0.25, 0.3) is 0 Å². The van der Waals surface area contributed by atoms with Crippen LogP contribution in [0.5, 0.6) is 11.5 Å². The number of nitrogens with zero attached hydrogens (tertiary/aromatic N) is 2. The number of rotatable bonds is 4. The van der Waals surface area contributed by atoms with E-state index >= 15 is 0 Å². The maximum absolute atomic E-state index is 10.3. The molecule has 1 aromatic carbocycles. The van der Waals surface area contributed by atoms with E-state index in [2.05, 4.69) is 9.97 Å². The minimum absolute atomic E-state index is 0.511. The van der Waals surface area contributed by atoms with Gasteiger partial charge >= 0.3 is 0 Å². The Morgan fingerprint density at radius 3 is 2.61 bits per heavy atom. The molecule has 0 aliphatic rings. The summed E-state index contributed by atoms with van der Waals surface area (Å²) in [5.74, 6) is 1.24. The fourth-order valence-corrected chi connectivity index (χ4v) is 1.68. The van der Waals surface area contributed by atoms with E-state index in [9.17, 15) is 5.11 Å². The van der Waals surface area contributed by atoms with Crippen molar-refractivity contribution in [3.05, 3.63) is 48.0 Å². The largest absolute Gasteiger partial charge is 0.497 e. The van der Waals surface area contributed by atoms with Gasteiger partial charge in [-0.1, -0.05) is 0 Å². The quantitative estimate of drug-likeness (QED) is 0.887. The molecule has 2 rings (SSSR count). The van der Waals surface area contributed by atoms with Gasteiger partial charge in [0.25, 0.3) is 0 Å². The molecule has 0 amide bonds. The fraction of sp³-hybridized carbons (Fsp3) is 0.231. The molecular weight excluding hydrogens is 232 g/mol. The molecule has 0 aliphatic carbocycles. The first-order valence-corrected chi connectivity index (χ1v) is 5.42. The number of aliphatic hydroxyl groups excluding tert-OH is 1. The van der Waals surface area contributed by atoms with E-state index in [1.807, 2.05) is 0 Å². The molecule has 1 N–H and O–H groups in total. The zero-order chi connectivity index (χ0) is 13.0. The van der Waals surface area contributed by atoms with Gasteiger partial charge < -0.3 is 14.6 Å². The Labute approximate surface area is 105 Å². The van der Waals surface area contributed by atoms with E-state index in [4.69, 9.17) is 9.47 Å². The first kappa shape index (κ1) is 12.3. The predicted molar refractivity (Wildman–Crippen MR) is 65.6 cm³/mol. The molecule has 1 unspecified atom stereocenters. The van der Waals surface area contributed by atoms with Gasteiger partial charge in [0.2, 0.25) is 0 Å². The maximum Gasteiger partial charge on any atom is 0.125 e. The van der Waals surface area contributed by atoms with Crippen LogP contribution in [-0.2, 0) is 0 Å². The highest BCUT2D eigenvalue weighted by atomic mass is 16.5. The minimum Gasteiger partial charge on any atom is -0.497 e. The highest BCUT2D eigenvalue weighted by Gasteiger charge is 2.17. The molecule has 18 heavy (non-hydrogen) atoms. The Bertz CT molecular complexity index is 517. The van der Waals surface area contributed by atoms with Gasteiger partial charge in [0.1, 0.15) is 23.9 Å². The van der Waals surface area contributed by atoms with Crippen LogP contribution in [0.3, 0.4) is 0 Å². The lowest BCUT2D eigenvalue weighted by Gasteiger charge is -2.15. The Morgan fingerprint density at radius 1 is 1.17 bits per heavy atom. The van der Waals surface area contributed by atoms with Gasteiger partial charge in [-0.2, -0.15) is 0 Å². The number of hydrogen-bond donors (Lipinski definition) is 1. The zero-order valence-electron chi connectivity index (χ0n) is 10.2. The SMILES string of the molecule is COc1ccc(OC)c(C(O)c2ccncn2)c1. The van der Waals surface area contributed by atoms with Crippen molar-refractivity contribution in [2.24, 2.45) is 0 Å². The van der Waals surface area contributed by atoms with Gasteiger partial charge in [-0.15, -0.1) is 0 Å². The van der Waals surface area contributed by atoms with Crippen LogP contribution in [-0.4, -0.2) is 29.3 Å². The molecule has 1 atom stereocenters. The van der Waals surface area contributed by atoms with Crippen LogP contribution >= 0.6 is 0 Å². The average Bonchev–Trinajstić information content (AvgIpc) is 2.46. The highest BCUT2D eigenvalue weighted by Crippen LogP contribution is 2.31. The van der Waals surface area contributed by atoms with Gasteiger partial charge in [0.15, 0.2) is 0 Å². The lowest BCUT2D eigenvalue weighted by molar-refractivity contribution is 0.209. The van der Waals surface area contributed by atoms with Crippen molar-refractivity contribution in [2.75, 3.05) is 14.2 Å². The lowest BCUT2D eigenvalue weighted by atomic mass is 10.0. The number of aliphatic hydroxyl groups is 1. The maximum atomic E-state index is 10.3. The van der Waals surface area contributed by atoms with Gasteiger partial charge in [-0.25, -0.2) is 9.97 Å². The molecule has 0 bridgehead atoms. The molecule has 5 heteroatoms. The van der Waals surface area contributed by atoms with Crippen LogP contribution in [0.1, 0.15) is 17.4 Å². The van der Waals surface area contributed by atoms with Crippen LogP contribution in [0.4, 0.5) is 0 Å². The number of ether oxygens (including phenoxy) is 2. The van der Waals surface area contributed by atoms with Crippen molar-refractivity contribution in [3.8, 4) is 11.5 Å². The zero-order valence-corrected chi connectivity index (χ0v) is 10.2. The van der Waals surface area contributed by atoms with Crippen molar-refractivity contribution in [1.29, 1.82) is 0 Å². The summed E-state index contributed by atoms with van der Waals surface area (Å²) in [6, 6.07) is 6.91. The topological polar surface area (TPSA) is 64.5 Å². The first-order valence-electron chi connectivity index (χ1n) is 5.42. The summed E-state index contributed by atoms with van der Waals surface area (Å²) in [6.07, 6.45) is 2.10. The van der Waals surface area contributed by atoms with E-state index < -0.39 is 6.10 Å². The minimum atomic E-state index is -0.877. The molecule has 1 heterocycles. The van der Waals surface area contributed by atoms with E-state index in [1.165, 1.54) is 6.33 Å². The molecule has 1 aromatic heterocycles. The lowest BCUT2D eigenvalue weighted by Crippen LogP contribution is -2.05. The molecule has 0 saturated heterocycles. The molecule has 5 nitrogen and oxygen atoms in total. The third kappa shape index (κ3) is 2.41. The van der Waals surface area contributed by atoms with Gasteiger partial charge in [-0.3, -0.25) is 0 Å². The summed E-state index contributed by atoms with van der Waals surface area (Å²) in [4.78, 5) is 7.85. The first-order chi connectivity index (χ1) is 8.76. The van der Waals surface area contributed by atoms with Crippen LogP contribution in [0, 0.1) is 0 Å². The Kier molecular flexibility index (Phi) is 3.74. The molecule has 2 aromatic rings. The molecular formula is C13H14N2O3. The van der Waals surface area contributed by atoms with Crippen molar-refractivity contribution in [2.45, 2.75) is 6.10 Å². The Balaban J connectivity index is 2.42. The fourth-order valence-electron chi connectivity index (χ4n) is 1.68. The van der Waals surface area contributed by atoms with E-state index in [1.54, 1.807) is 44.7 Å². The molecule has 0 spiro atoms. The van der Waals surface area contributed by atoms with Gasteiger partial charge in [-0.05, 0) is 24.3 Å². The van der Waals surface area contributed by atoms with Crippen molar-refractivity contribution in [1.82, 2.24) is 9.97 Å². The third-order valence-corrected chi connectivity index (χ3v) is 2.62. The second kappa shape index (κ2) is 5.46. The molecule has 0 saturated carbocycles. The van der Waals surface area contributed by atoms with Crippen molar-refractivity contribution in [3.63, 3.8) is 0 Å². The molecule has 0 fully saturated rings. The predicted octanol–water partition coefficient (Wildman–Crippen LogP) is 1.58. The second-order valence-electron chi connectivity index (χ2n) is 3.64. The smallest absolute Gasteiger partial charge is 0.125 e. The average molecular weight is 246 g/mol. The van der Waals surface area contributed by atoms with Crippen molar-refractivity contribution < 1.29 is 14.6 Å². The normalized spacial score (nSPS) is 11.9. The van der Waals surface area contributed by atoms with Crippen LogP contribution in [0.2, 0.25) is 0 Å².